The van der Waals surface area contributed by atoms with Gasteiger partial charge < -0.3 is 9.84 Å². The first kappa shape index (κ1) is 10.1. The molecular formula is C13H22O2. The van der Waals surface area contributed by atoms with Crippen molar-refractivity contribution >= 4 is 0 Å². The van der Waals surface area contributed by atoms with Crippen molar-refractivity contribution < 1.29 is 9.84 Å². The number of hydrogen-bond donors (Lipinski definition) is 1. The Morgan fingerprint density at radius 2 is 1.67 bits per heavy atom. The first-order valence-corrected chi connectivity index (χ1v) is 6.40. The van der Waals surface area contributed by atoms with Gasteiger partial charge in [-0.05, 0) is 57.8 Å². The molecule has 1 unspecified atom stereocenters. The SMILES string of the molecule is CC1(C)O[C@@]23C[C@@H](O)CCC2CC[C@@H]1C3. The third-order valence-corrected chi connectivity index (χ3v) is 5.08. The zero-order valence-corrected chi connectivity index (χ0v) is 9.83. The zero-order chi connectivity index (χ0) is 10.7. The molecule has 3 aliphatic rings. The van der Waals surface area contributed by atoms with Gasteiger partial charge >= 0.3 is 0 Å². The number of aliphatic hydroxyl groups is 1. The highest BCUT2D eigenvalue weighted by Gasteiger charge is 2.58. The summed E-state index contributed by atoms with van der Waals surface area (Å²) in [4.78, 5) is 0. The number of ether oxygens (including phenoxy) is 1. The van der Waals surface area contributed by atoms with Gasteiger partial charge in [-0.3, -0.25) is 0 Å². The molecule has 2 heteroatoms. The molecule has 0 aromatic carbocycles. The van der Waals surface area contributed by atoms with E-state index in [1.54, 1.807) is 0 Å². The summed E-state index contributed by atoms with van der Waals surface area (Å²) in [6.45, 7) is 4.46. The highest BCUT2D eigenvalue weighted by atomic mass is 16.5. The molecule has 1 spiro atoms. The highest BCUT2D eigenvalue weighted by molar-refractivity contribution is 5.08. The first-order valence-electron chi connectivity index (χ1n) is 6.40. The molecule has 1 N–H and O–H groups in total. The van der Waals surface area contributed by atoms with Crippen LogP contribution in [0.2, 0.25) is 0 Å². The Labute approximate surface area is 92.0 Å². The fourth-order valence-corrected chi connectivity index (χ4v) is 4.27. The molecule has 1 aliphatic heterocycles. The predicted molar refractivity (Wildman–Crippen MR) is 58.6 cm³/mol. The van der Waals surface area contributed by atoms with Gasteiger partial charge in [-0.15, -0.1) is 0 Å². The minimum Gasteiger partial charge on any atom is -0.393 e. The van der Waals surface area contributed by atoms with Crippen LogP contribution in [0.5, 0.6) is 0 Å². The van der Waals surface area contributed by atoms with Crippen molar-refractivity contribution in [3.8, 4) is 0 Å². The third-order valence-electron chi connectivity index (χ3n) is 5.08. The van der Waals surface area contributed by atoms with Gasteiger partial charge in [-0.1, -0.05) is 0 Å². The van der Waals surface area contributed by atoms with Gasteiger partial charge in [0.1, 0.15) is 0 Å². The minimum atomic E-state index is -0.117. The quantitative estimate of drug-likeness (QED) is 0.665. The lowest BCUT2D eigenvalue weighted by Crippen LogP contribution is -2.46. The van der Waals surface area contributed by atoms with Crippen LogP contribution in [0.15, 0.2) is 0 Å². The van der Waals surface area contributed by atoms with Crippen LogP contribution in [-0.2, 0) is 4.74 Å². The zero-order valence-electron chi connectivity index (χ0n) is 9.83. The largest absolute Gasteiger partial charge is 0.393 e. The lowest BCUT2D eigenvalue weighted by atomic mass is 9.64. The van der Waals surface area contributed by atoms with Gasteiger partial charge in [0, 0.05) is 6.42 Å². The van der Waals surface area contributed by atoms with Crippen molar-refractivity contribution in [2.45, 2.75) is 69.7 Å². The lowest BCUT2D eigenvalue weighted by Gasteiger charge is -2.45. The summed E-state index contributed by atoms with van der Waals surface area (Å²) in [5, 5.41) is 9.85. The molecule has 15 heavy (non-hydrogen) atoms. The van der Waals surface area contributed by atoms with Crippen molar-refractivity contribution in [3.63, 3.8) is 0 Å². The van der Waals surface area contributed by atoms with E-state index in [1.165, 1.54) is 25.7 Å². The molecule has 0 amide bonds. The van der Waals surface area contributed by atoms with Gasteiger partial charge in [-0.2, -0.15) is 0 Å². The van der Waals surface area contributed by atoms with Crippen LogP contribution in [0, 0.1) is 11.8 Å². The number of hydrogen-bond acceptors (Lipinski definition) is 2. The Kier molecular flexibility index (Phi) is 2.01. The van der Waals surface area contributed by atoms with Gasteiger partial charge in [0.15, 0.2) is 0 Å². The van der Waals surface area contributed by atoms with E-state index >= 15 is 0 Å². The number of fused-ring (bicyclic) bond motifs is 1. The Hall–Kier alpha value is -0.0800. The van der Waals surface area contributed by atoms with Crippen molar-refractivity contribution in [2.24, 2.45) is 11.8 Å². The fraction of sp³-hybridized carbons (Fsp3) is 1.00. The maximum Gasteiger partial charge on any atom is 0.0746 e. The standard InChI is InChI=1S/C13H22O2/c1-12(2)10-4-3-9-5-6-11(14)8-13(9,7-10)15-12/h9-11,14H,3-8H2,1-2H3/t9?,10-,11+,13+/m1/s1. The van der Waals surface area contributed by atoms with Crippen molar-refractivity contribution in [1.82, 2.24) is 0 Å². The Morgan fingerprint density at radius 1 is 1.00 bits per heavy atom. The molecule has 4 atom stereocenters. The van der Waals surface area contributed by atoms with E-state index in [0.29, 0.717) is 0 Å². The fourth-order valence-electron chi connectivity index (χ4n) is 4.27. The average Bonchev–Trinajstić information content (AvgIpc) is 2.32. The topological polar surface area (TPSA) is 29.5 Å². The number of rotatable bonds is 0. The molecule has 2 bridgehead atoms. The van der Waals surface area contributed by atoms with E-state index in [-0.39, 0.29) is 17.3 Å². The van der Waals surface area contributed by atoms with Crippen molar-refractivity contribution in [1.29, 1.82) is 0 Å². The van der Waals surface area contributed by atoms with Crippen LogP contribution in [0.25, 0.3) is 0 Å². The summed E-state index contributed by atoms with van der Waals surface area (Å²) in [5.74, 6) is 1.44. The summed E-state index contributed by atoms with van der Waals surface area (Å²) in [7, 11) is 0. The van der Waals surface area contributed by atoms with Crippen molar-refractivity contribution in [3.05, 3.63) is 0 Å². The summed E-state index contributed by atoms with van der Waals surface area (Å²) < 4.78 is 6.37. The highest BCUT2D eigenvalue weighted by Crippen LogP contribution is 2.58. The van der Waals surface area contributed by atoms with E-state index in [2.05, 4.69) is 13.8 Å². The normalized spacial score (nSPS) is 52.6. The molecule has 0 aromatic rings. The van der Waals surface area contributed by atoms with Crippen LogP contribution < -0.4 is 0 Å². The van der Waals surface area contributed by atoms with Gasteiger partial charge in [0.05, 0.1) is 17.3 Å². The third kappa shape index (κ3) is 1.38. The molecule has 0 aromatic heterocycles. The summed E-state index contributed by atoms with van der Waals surface area (Å²) in [6, 6.07) is 0. The predicted octanol–water partition coefficient (Wildman–Crippen LogP) is 2.50. The van der Waals surface area contributed by atoms with Crippen LogP contribution in [0.4, 0.5) is 0 Å². The van der Waals surface area contributed by atoms with Gasteiger partial charge in [-0.25, -0.2) is 0 Å². The first-order chi connectivity index (χ1) is 7.02. The molecule has 2 nitrogen and oxygen atoms in total. The lowest BCUT2D eigenvalue weighted by molar-refractivity contribution is -0.149. The summed E-state index contributed by atoms with van der Waals surface area (Å²) >= 11 is 0. The van der Waals surface area contributed by atoms with Crippen LogP contribution in [0.1, 0.15) is 52.4 Å². The monoisotopic (exact) mass is 210 g/mol. The second-order valence-corrected chi connectivity index (χ2v) is 6.38. The summed E-state index contributed by atoms with van der Waals surface area (Å²) in [6.07, 6.45) is 6.77. The number of aliphatic hydroxyl groups excluding tert-OH is 1. The van der Waals surface area contributed by atoms with Crippen molar-refractivity contribution in [2.75, 3.05) is 0 Å². The molecular weight excluding hydrogens is 188 g/mol. The summed E-state index contributed by atoms with van der Waals surface area (Å²) in [5.41, 5.74) is 0.0931. The molecule has 3 fully saturated rings. The maximum absolute atomic E-state index is 9.85. The maximum atomic E-state index is 9.85. The molecule has 86 valence electrons. The van der Waals surface area contributed by atoms with Crippen LogP contribution >= 0.6 is 0 Å². The van der Waals surface area contributed by atoms with Crippen LogP contribution in [-0.4, -0.2) is 22.4 Å². The second kappa shape index (κ2) is 2.98. The van der Waals surface area contributed by atoms with Gasteiger partial charge in [0.2, 0.25) is 0 Å². The molecule has 2 aliphatic carbocycles. The molecule has 3 rings (SSSR count). The molecule has 1 heterocycles. The Balaban J connectivity index is 1.91. The van der Waals surface area contributed by atoms with Gasteiger partial charge in [0.25, 0.3) is 0 Å². The second-order valence-electron chi connectivity index (χ2n) is 6.38. The molecule has 2 saturated carbocycles. The van der Waals surface area contributed by atoms with E-state index in [0.717, 1.165) is 24.7 Å². The minimum absolute atomic E-state index is 0.0457. The Morgan fingerprint density at radius 3 is 2.47 bits per heavy atom. The molecule has 0 radical (unpaired) electrons. The smallest absolute Gasteiger partial charge is 0.0746 e. The average molecular weight is 210 g/mol. The van der Waals surface area contributed by atoms with Crippen LogP contribution in [0.3, 0.4) is 0 Å². The van der Waals surface area contributed by atoms with E-state index < -0.39 is 0 Å². The Bertz CT molecular complexity index is 274. The van der Waals surface area contributed by atoms with E-state index in [9.17, 15) is 5.11 Å². The molecule has 1 saturated heterocycles. The van der Waals surface area contributed by atoms with E-state index in [1.807, 2.05) is 0 Å². The van der Waals surface area contributed by atoms with E-state index in [4.69, 9.17) is 4.74 Å².